The Morgan fingerprint density at radius 1 is 1.71 bits per heavy atom. The van der Waals surface area contributed by atoms with E-state index in [1.165, 1.54) is 10.9 Å². The number of amides is 2. The maximum atomic E-state index is 11.7. The second-order valence-electron chi connectivity index (χ2n) is 3.68. The van der Waals surface area contributed by atoms with Gasteiger partial charge in [0.1, 0.15) is 18.8 Å². The van der Waals surface area contributed by atoms with E-state index < -0.39 is 18.1 Å². The number of hydrogen-bond acceptors (Lipinski definition) is 6. The molecule has 1 unspecified atom stereocenters. The lowest BCUT2D eigenvalue weighted by atomic mass is 10.3. The molecule has 92 valence electrons. The molecular formula is C9H12N4O4. The monoisotopic (exact) mass is 240 g/mol. The highest BCUT2D eigenvalue weighted by atomic mass is 16.6. The molecule has 0 aliphatic carbocycles. The van der Waals surface area contributed by atoms with Crippen molar-refractivity contribution in [3.05, 3.63) is 11.9 Å². The largest absolute Gasteiger partial charge is 0.447 e. The number of ether oxygens (including phenoxy) is 1. The van der Waals surface area contributed by atoms with E-state index in [1.54, 1.807) is 6.92 Å². The van der Waals surface area contributed by atoms with Gasteiger partial charge in [0.15, 0.2) is 0 Å². The molecule has 2 heterocycles. The quantitative estimate of drug-likeness (QED) is 0.751. The van der Waals surface area contributed by atoms with E-state index >= 15 is 0 Å². The number of hydrogen-bond donors (Lipinski definition) is 1. The van der Waals surface area contributed by atoms with Crippen molar-refractivity contribution < 1.29 is 19.4 Å². The van der Waals surface area contributed by atoms with Gasteiger partial charge >= 0.3 is 6.09 Å². The fraction of sp³-hybridized carbons (Fsp3) is 0.556. The van der Waals surface area contributed by atoms with Crippen molar-refractivity contribution in [2.75, 3.05) is 13.2 Å². The lowest BCUT2D eigenvalue weighted by Gasteiger charge is -2.09. The molecule has 1 saturated heterocycles. The molecule has 17 heavy (non-hydrogen) atoms. The highest BCUT2D eigenvalue weighted by molar-refractivity contribution is 5.92. The van der Waals surface area contributed by atoms with Crippen molar-refractivity contribution in [1.29, 1.82) is 0 Å². The molecule has 1 N–H and O–H groups in total. The van der Waals surface area contributed by atoms with Gasteiger partial charge in [0, 0.05) is 0 Å². The molecule has 8 nitrogen and oxygen atoms in total. The summed E-state index contributed by atoms with van der Waals surface area (Å²) in [5.74, 6) is -0.408. The van der Waals surface area contributed by atoms with Gasteiger partial charge in [-0.05, 0) is 6.92 Å². The molecule has 8 heteroatoms. The van der Waals surface area contributed by atoms with Crippen molar-refractivity contribution >= 4 is 12.0 Å². The smallest absolute Gasteiger partial charge is 0.416 e. The van der Waals surface area contributed by atoms with Gasteiger partial charge in [0.25, 0.3) is 5.91 Å². The minimum Gasteiger partial charge on any atom is -0.447 e. The Hall–Kier alpha value is -1.96. The SMILES string of the molecule is CC(O)c1cn(CC(=O)N2CCOC2=O)nn1. The standard InChI is InChI=1S/C9H12N4O4/c1-6(14)7-4-12(11-10-7)5-8(15)13-2-3-17-9(13)16/h4,6,14H,2-3,5H2,1H3. The van der Waals surface area contributed by atoms with Crippen LogP contribution in [-0.2, 0) is 16.1 Å². The van der Waals surface area contributed by atoms with Crippen LogP contribution < -0.4 is 0 Å². The minimum atomic E-state index is -0.740. The number of nitrogens with zero attached hydrogens (tertiary/aromatic N) is 4. The average molecular weight is 240 g/mol. The number of aliphatic hydroxyl groups excluding tert-OH is 1. The lowest BCUT2D eigenvalue weighted by molar-refractivity contribution is -0.128. The molecular weight excluding hydrogens is 228 g/mol. The zero-order valence-corrected chi connectivity index (χ0v) is 9.24. The van der Waals surface area contributed by atoms with Crippen LogP contribution in [0.1, 0.15) is 18.7 Å². The molecule has 0 aromatic carbocycles. The molecule has 1 atom stereocenters. The first kappa shape index (κ1) is 11.5. The van der Waals surface area contributed by atoms with Crippen molar-refractivity contribution in [3.8, 4) is 0 Å². The molecule has 0 spiro atoms. The molecule has 0 bridgehead atoms. The number of aromatic nitrogens is 3. The van der Waals surface area contributed by atoms with Crippen LogP contribution in [0.4, 0.5) is 4.79 Å². The second kappa shape index (κ2) is 4.50. The summed E-state index contributed by atoms with van der Waals surface area (Å²) in [6, 6.07) is 0. The van der Waals surface area contributed by atoms with E-state index in [9.17, 15) is 14.7 Å². The zero-order valence-electron chi connectivity index (χ0n) is 9.24. The summed E-state index contributed by atoms with van der Waals surface area (Å²) < 4.78 is 5.92. The summed E-state index contributed by atoms with van der Waals surface area (Å²) in [6.45, 7) is 1.93. The highest BCUT2D eigenvalue weighted by Gasteiger charge is 2.28. The van der Waals surface area contributed by atoms with Crippen LogP contribution >= 0.6 is 0 Å². The van der Waals surface area contributed by atoms with Crippen LogP contribution in [0.3, 0.4) is 0 Å². The molecule has 1 aliphatic rings. The van der Waals surface area contributed by atoms with Gasteiger partial charge < -0.3 is 9.84 Å². The van der Waals surface area contributed by atoms with E-state index in [0.29, 0.717) is 5.69 Å². The van der Waals surface area contributed by atoms with Crippen molar-refractivity contribution in [3.63, 3.8) is 0 Å². The second-order valence-corrected chi connectivity index (χ2v) is 3.68. The van der Waals surface area contributed by atoms with E-state index in [-0.39, 0.29) is 19.7 Å². The Morgan fingerprint density at radius 3 is 3.00 bits per heavy atom. The van der Waals surface area contributed by atoms with E-state index in [4.69, 9.17) is 0 Å². The molecule has 1 aliphatic heterocycles. The number of imide groups is 1. The van der Waals surface area contributed by atoms with Crippen molar-refractivity contribution in [1.82, 2.24) is 19.9 Å². The first-order valence-corrected chi connectivity index (χ1v) is 5.13. The van der Waals surface area contributed by atoms with Gasteiger partial charge in [-0.2, -0.15) is 0 Å². The first-order chi connectivity index (χ1) is 8.08. The van der Waals surface area contributed by atoms with Gasteiger partial charge in [-0.25, -0.2) is 14.4 Å². The Kier molecular flexibility index (Phi) is 3.05. The van der Waals surface area contributed by atoms with Crippen LogP contribution in [0.15, 0.2) is 6.20 Å². The number of carbonyl (C=O) groups excluding carboxylic acids is 2. The normalized spacial score (nSPS) is 17.1. The van der Waals surface area contributed by atoms with E-state index in [1.807, 2.05) is 0 Å². The fourth-order valence-corrected chi connectivity index (χ4v) is 1.43. The predicted octanol–water partition coefficient (Wildman–Crippen LogP) is -0.690. The Morgan fingerprint density at radius 2 is 2.47 bits per heavy atom. The Balaban J connectivity index is 2.00. The molecule has 0 radical (unpaired) electrons. The summed E-state index contributed by atoms with van der Waals surface area (Å²) >= 11 is 0. The summed E-state index contributed by atoms with van der Waals surface area (Å²) in [4.78, 5) is 23.8. The maximum absolute atomic E-state index is 11.7. The average Bonchev–Trinajstić information content (AvgIpc) is 2.86. The van der Waals surface area contributed by atoms with Gasteiger partial charge in [0.05, 0.1) is 18.8 Å². The topological polar surface area (TPSA) is 97.6 Å². The summed E-state index contributed by atoms with van der Waals surface area (Å²) in [6.07, 6.45) is 0.0886. The number of cyclic esters (lactones) is 1. The first-order valence-electron chi connectivity index (χ1n) is 5.13. The number of rotatable bonds is 3. The molecule has 1 aromatic rings. The molecule has 2 amide bonds. The highest BCUT2D eigenvalue weighted by Crippen LogP contribution is 2.08. The van der Waals surface area contributed by atoms with Crippen molar-refractivity contribution in [2.24, 2.45) is 0 Å². The zero-order chi connectivity index (χ0) is 12.4. The predicted molar refractivity (Wildman–Crippen MR) is 53.7 cm³/mol. The summed E-state index contributed by atoms with van der Waals surface area (Å²) in [7, 11) is 0. The Labute approximate surface area is 96.8 Å². The van der Waals surface area contributed by atoms with Crippen LogP contribution in [0.25, 0.3) is 0 Å². The van der Waals surface area contributed by atoms with Crippen LogP contribution in [0.5, 0.6) is 0 Å². The van der Waals surface area contributed by atoms with Gasteiger partial charge in [0.2, 0.25) is 0 Å². The third-order valence-electron chi connectivity index (χ3n) is 2.34. The van der Waals surface area contributed by atoms with E-state index in [0.717, 1.165) is 4.90 Å². The van der Waals surface area contributed by atoms with Gasteiger partial charge in [-0.3, -0.25) is 4.79 Å². The van der Waals surface area contributed by atoms with Crippen LogP contribution in [0, 0.1) is 0 Å². The summed E-state index contributed by atoms with van der Waals surface area (Å²) in [5, 5.41) is 16.6. The van der Waals surface area contributed by atoms with Crippen LogP contribution in [-0.4, -0.2) is 50.2 Å². The Bertz CT molecular complexity index is 442. The third kappa shape index (κ3) is 2.41. The molecule has 2 rings (SSSR count). The minimum absolute atomic E-state index is 0.102. The number of aliphatic hydroxyl groups is 1. The molecule has 0 saturated carbocycles. The molecule has 1 aromatic heterocycles. The van der Waals surface area contributed by atoms with Crippen molar-refractivity contribution in [2.45, 2.75) is 19.6 Å². The van der Waals surface area contributed by atoms with E-state index in [2.05, 4.69) is 15.0 Å². The lowest BCUT2D eigenvalue weighted by Crippen LogP contribution is -2.34. The third-order valence-corrected chi connectivity index (χ3v) is 2.34. The van der Waals surface area contributed by atoms with Gasteiger partial charge in [-0.15, -0.1) is 5.10 Å². The molecule has 1 fully saturated rings. The maximum Gasteiger partial charge on any atom is 0.416 e. The van der Waals surface area contributed by atoms with Gasteiger partial charge in [-0.1, -0.05) is 5.21 Å². The summed E-state index contributed by atoms with van der Waals surface area (Å²) in [5.41, 5.74) is 0.377. The number of carbonyl (C=O) groups is 2. The van der Waals surface area contributed by atoms with Crippen LogP contribution in [0.2, 0.25) is 0 Å². The fourth-order valence-electron chi connectivity index (χ4n) is 1.43.